The summed E-state index contributed by atoms with van der Waals surface area (Å²) in [5, 5.41) is 7.59. The van der Waals surface area contributed by atoms with Crippen LogP contribution in [0.25, 0.3) is 5.69 Å². The molecule has 1 amide bonds. The number of amides is 1. The SMILES string of the molecule is Cc1ccccc1-n1cc(CN2CCC3(CCNC(=O)CC3)CC2)cn1. The minimum absolute atomic E-state index is 0.230. The van der Waals surface area contributed by atoms with Crippen molar-refractivity contribution in [1.29, 1.82) is 0 Å². The molecule has 4 rings (SSSR count). The van der Waals surface area contributed by atoms with Crippen LogP contribution in [0.3, 0.4) is 0 Å². The van der Waals surface area contributed by atoms with Crippen molar-refractivity contribution in [2.75, 3.05) is 19.6 Å². The van der Waals surface area contributed by atoms with Gasteiger partial charge in [0.1, 0.15) is 0 Å². The summed E-state index contributed by atoms with van der Waals surface area (Å²) in [7, 11) is 0. The third-order valence-electron chi connectivity index (χ3n) is 6.18. The Balaban J connectivity index is 1.36. The molecule has 5 nitrogen and oxygen atoms in total. The molecule has 1 N–H and O–H groups in total. The summed E-state index contributed by atoms with van der Waals surface area (Å²) in [4.78, 5) is 14.2. The summed E-state index contributed by atoms with van der Waals surface area (Å²) in [6, 6.07) is 8.34. The van der Waals surface area contributed by atoms with Gasteiger partial charge in [-0.25, -0.2) is 4.68 Å². The van der Waals surface area contributed by atoms with Gasteiger partial charge in [-0.3, -0.25) is 9.69 Å². The van der Waals surface area contributed by atoms with E-state index in [2.05, 4.69) is 52.7 Å². The van der Waals surface area contributed by atoms with Crippen molar-refractivity contribution in [3.05, 3.63) is 47.8 Å². The van der Waals surface area contributed by atoms with E-state index in [9.17, 15) is 4.79 Å². The first kappa shape index (κ1) is 17.3. The minimum atomic E-state index is 0.230. The fraction of sp³-hybridized carbons (Fsp3) is 0.524. The molecule has 1 spiro atoms. The van der Waals surface area contributed by atoms with Crippen molar-refractivity contribution in [1.82, 2.24) is 20.0 Å². The second-order valence-corrected chi connectivity index (χ2v) is 7.96. The molecule has 138 valence electrons. The largest absolute Gasteiger partial charge is 0.356 e. The van der Waals surface area contributed by atoms with Gasteiger partial charge >= 0.3 is 0 Å². The van der Waals surface area contributed by atoms with E-state index in [1.807, 2.05) is 10.9 Å². The molecule has 0 saturated carbocycles. The van der Waals surface area contributed by atoms with Gasteiger partial charge in [-0.05, 0) is 62.7 Å². The Morgan fingerprint density at radius 1 is 1.15 bits per heavy atom. The van der Waals surface area contributed by atoms with Crippen LogP contribution in [0.5, 0.6) is 0 Å². The molecule has 2 saturated heterocycles. The van der Waals surface area contributed by atoms with E-state index in [0.29, 0.717) is 11.8 Å². The van der Waals surface area contributed by atoms with Crippen LogP contribution in [0.2, 0.25) is 0 Å². The molecule has 2 aliphatic rings. The zero-order valence-electron chi connectivity index (χ0n) is 15.6. The summed E-state index contributed by atoms with van der Waals surface area (Å²) in [6.07, 6.45) is 9.44. The lowest BCUT2D eigenvalue weighted by Gasteiger charge is -2.41. The molecule has 0 atom stereocenters. The summed E-state index contributed by atoms with van der Waals surface area (Å²) >= 11 is 0. The number of carbonyl (C=O) groups excluding carboxylic acids is 1. The standard InChI is InChI=1S/C21H28N4O/c1-17-4-2-3-5-19(17)25-16-18(14-23-25)15-24-12-9-21(10-13-24)7-6-20(26)22-11-8-21/h2-5,14,16H,6-13,15H2,1H3,(H,22,26). The molecule has 0 unspecified atom stereocenters. The smallest absolute Gasteiger partial charge is 0.220 e. The number of likely N-dealkylation sites (tertiary alicyclic amines) is 1. The predicted octanol–water partition coefficient (Wildman–Crippen LogP) is 3.06. The quantitative estimate of drug-likeness (QED) is 0.924. The van der Waals surface area contributed by atoms with Crippen LogP contribution in [0, 0.1) is 12.3 Å². The van der Waals surface area contributed by atoms with Crippen molar-refractivity contribution in [3.8, 4) is 5.69 Å². The first-order valence-electron chi connectivity index (χ1n) is 9.72. The highest BCUT2D eigenvalue weighted by Crippen LogP contribution is 2.40. The van der Waals surface area contributed by atoms with Crippen LogP contribution in [0.15, 0.2) is 36.7 Å². The number of hydrogen-bond acceptors (Lipinski definition) is 3. The van der Waals surface area contributed by atoms with Gasteiger partial charge < -0.3 is 5.32 Å². The van der Waals surface area contributed by atoms with Crippen molar-refractivity contribution in [2.45, 2.75) is 45.6 Å². The summed E-state index contributed by atoms with van der Waals surface area (Å²) in [6.45, 7) is 6.15. The lowest BCUT2D eigenvalue weighted by molar-refractivity contribution is -0.121. The zero-order chi connectivity index (χ0) is 18.0. The minimum Gasteiger partial charge on any atom is -0.356 e. The van der Waals surface area contributed by atoms with Gasteiger partial charge in [0, 0.05) is 31.3 Å². The van der Waals surface area contributed by atoms with Gasteiger partial charge in [0.15, 0.2) is 0 Å². The highest BCUT2D eigenvalue weighted by atomic mass is 16.1. The summed E-state index contributed by atoms with van der Waals surface area (Å²) in [5.41, 5.74) is 4.02. The molecular weight excluding hydrogens is 324 g/mol. The number of rotatable bonds is 3. The second-order valence-electron chi connectivity index (χ2n) is 7.96. The lowest BCUT2D eigenvalue weighted by Crippen LogP contribution is -2.40. The van der Waals surface area contributed by atoms with Crippen molar-refractivity contribution < 1.29 is 4.79 Å². The van der Waals surface area contributed by atoms with Gasteiger partial charge in [-0.15, -0.1) is 0 Å². The average Bonchev–Trinajstić information content (AvgIpc) is 3.03. The Bertz CT molecular complexity index is 774. The second kappa shape index (κ2) is 7.23. The molecule has 0 radical (unpaired) electrons. The van der Waals surface area contributed by atoms with Crippen LogP contribution in [-0.2, 0) is 11.3 Å². The zero-order valence-corrected chi connectivity index (χ0v) is 15.6. The van der Waals surface area contributed by atoms with Crippen molar-refractivity contribution in [2.24, 2.45) is 5.41 Å². The Morgan fingerprint density at radius 2 is 1.96 bits per heavy atom. The molecule has 3 heterocycles. The van der Waals surface area contributed by atoms with Crippen LogP contribution in [0.1, 0.15) is 43.2 Å². The van der Waals surface area contributed by atoms with Gasteiger partial charge in [0.2, 0.25) is 5.91 Å². The van der Waals surface area contributed by atoms with E-state index in [1.54, 1.807) is 0 Å². The fourth-order valence-corrected chi connectivity index (χ4v) is 4.40. The third kappa shape index (κ3) is 3.68. The maximum Gasteiger partial charge on any atom is 0.220 e. The maximum atomic E-state index is 11.6. The molecular formula is C21H28N4O. The van der Waals surface area contributed by atoms with Gasteiger partial charge in [0.05, 0.1) is 11.9 Å². The number of piperidine rings is 1. The number of nitrogens with one attached hydrogen (secondary N) is 1. The van der Waals surface area contributed by atoms with E-state index in [1.165, 1.54) is 24.0 Å². The lowest BCUT2D eigenvalue weighted by atomic mass is 9.73. The topological polar surface area (TPSA) is 50.2 Å². The Kier molecular flexibility index (Phi) is 4.81. The molecule has 5 heteroatoms. The monoisotopic (exact) mass is 352 g/mol. The van der Waals surface area contributed by atoms with Gasteiger partial charge in [0.25, 0.3) is 0 Å². The predicted molar refractivity (Wildman–Crippen MR) is 102 cm³/mol. The third-order valence-corrected chi connectivity index (χ3v) is 6.18. The van der Waals surface area contributed by atoms with Crippen molar-refractivity contribution >= 4 is 5.91 Å². The van der Waals surface area contributed by atoms with E-state index >= 15 is 0 Å². The number of aryl methyl sites for hydroxylation is 1. The number of benzene rings is 1. The first-order chi connectivity index (χ1) is 12.6. The molecule has 0 bridgehead atoms. The molecule has 2 aliphatic heterocycles. The van der Waals surface area contributed by atoms with Gasteiger partial charge in [-0.1, -0.05) is 18.2 Å². The average molecular weight is 352 g/mol. The van der Waals surface area contributed by atoms with E-state index in [4.69, 9.17) is 0 Å². The number of aromatic nitrogens is 2. The molecule has 2 fully saturated rings. The molecule has 2 aromatic rings. The first-order valence-corrected chi connectivity index (χ1v) is 9.72. The molecule has 26 heavy (non-hydrogen) atoms. The molecule has 0 aliphatic carbocycles. The van der Waals surface area contributed by atoms with Crippen LogP contribution in [0.4, 0.5) is 0 Å². The fourth-order valence-electron chi connectivity index (χ4n) is 4.40. The maximum absolute atomic E-state index is 11.6. The van der Waals surface area contributed by atoms with Gasteiger partial charge in [-0.2, -0.15) is 5.10 Å². The van der Waals surface area contributed by atoms with Crippen LogP contribution < -0.4 is 5.32 Å². The van der Waals surface area contributed by atoms with Crippen molar-refractivity contribution in [3.63, 3.8) is 0 Å². The number of para-hydroxylation sites is 1. The van der Waals surface area contributed by atoms with Crippen LogP contribution in [-0.4, -0.2) is 40.2 Å². The molecule has 1 aromatic carbocycles. The Hall–Kier alpha value is -2.14. The summed E-state index contributed by atoms with van der Waals surface area (Å²) < 4.78 is 1.98. The Labute approximate surface area is 155 Å². The van der Waals surface area contributed by atoms with E-state index in [0.717, 1.165) is 44.7 Å². The normalized spacial score (nSPS) is 20.7. The van der Waals surface area contributed by atoms with Crippen LogP contribution >= 0.6 is 0 Å². The van der Waals surface area contributed by atoms with E-state index < -0.39 is 0 Å². The van der Waals surface area contributed by atoms with E-state index in [-0.39, 0.29) is 5.91 Å². The highest BCUT2D eigenvalue weighted by Gasteiger charge is 2.36. The number of hydrogen-bond donors (Lipinski definition) is 1. The number of nitrogens with zero attached hydrogens (tertiary/aromatic N) is 3. The Morgan fingerprint density at radius 3 is 2.77 bits per heavy atom. The summed E-state index contributed by atoms with van der Waals surface area (Å²) in [5.74, 6) is 0.230. The number of carbonyl (C=O) groups is 1. The molecule has 1 aromatic heterocycles. The highest BCUT2D eigenvalue weighted by molar-refractivity contribution is 5.76.